The lowest BCUT2D eigenvalue weighted by atomic mass is 9.89. The molecule has 0 atom stereocenters. The normalized spacial score (nSPS) is 11.6. The van der Waals surface area contributed by atoms with Gasteiger partial charge in [0.25, 0.3) is 0 Å². The van der Waals surface area contributed by atoms with E-state index in [-0.39, 0.29) is 11.2 Å². The predicted molar refractivity (Wildman–Crippen MR) is 71.9 cm³/mol. The summed E-state index contributed by atoms with van der Waals surface area (Å²) >= 11 is 0. The summed E-state index contributed by atoms with van der Waals surface area (Å²) in [5.74, 6) is -0.149. The van der Waals surface area contributed by atoms with Crippen molar-refractivity contribution in [3.8, 4) is 0 Å². The first-order chi connectivity index (χ1) is 7.85. The van der Waals surface area contributed by atoms with E-state index in [2.05, 4.69) is 18.7 Å². The van der Waals surface area contributed by atoms with Gasteiger partial charge in [-0.25, -0.2) is 4.39 Å². The van der Waals surface area contributed by atoms with Crippen molar-refractivity contribution in [3.05, 3.63) is 29.6 Å². The number of halogens is 1. The molecule has 2 nitrogen and oxygen atoms in total. The fourth-order valence-corrected chi connectivity index (χ4v) is 1.57. The quantitative estimate of drug-likeness (QED) is 0.854. The third-order valence-corrected chi connectivity index (χ3v) is 3.26. The van der Waals surface area contributed by atoms with Crippen LogP contribution in [0.2, 0.25) is 0 Å². The van der Waals surface area contributed by atoms with Crippen molar-refractivity contribution in [2.24, 2.45) is 11.1 Å². The molecule has 0 saturated heterocycles. The zero-order valence-corrected chi connectivity index (χ0v) is 11.3. The van der Waals surface area contributed by atoms with Gasteiger partial charge in [-0.05, 0) is 49.1 Å². The van der Waals surface area contributed by atoms with Gasteiger partial charge in [0.1, 0.15) is 5.82 Å². The Morgan fingerprint density at radius 1 is 1.35 bits per heavy atom. The lowest BCUT2D eigenvalue weighted by Gasteiger charge is -2.27. The molecule has 0 aromatic heterocycles. The van der Waals surface area contributed by atoms with E-state index in [1.54, 1.807) is 6.92 Å². The Kier molecular flexibility index (Phi) is 4.52. The summed E-state index contributed by atoms with van der Waals surface area (Å²) in [6, 6.07) is 5.22. The minimum absolute atomic E-state index is 0.149. The summed E-state index contributed by atoms with van der Waals surface area (Å²) in [5.41, 5.74) is 7.60. The maximum absolute atomic E-state index is 13.2. The lowest BCUT2D eigenvalue weighted by molar-refractivity contribution is 0.351. The molecule has 0 aliphatic rings. The highest BCUT2D eigenvalue weighted by Gasteiger charge is 2.16. The Bertz CT molecular complexity index is 374. The molecule has 0 radical (unpaired) electrons. The molecule has 1 aromatic rings. The van der Waals surface area contributed by atoms with Crippen molar-refractivity contribution in [2.45, 2.75) is 27.2 Å². The number of aryl methyl sites for hydroxylation is 1. The van der Waals surface area contributed by atoms with Crippen molar-refractivity contribution >= 4 is 5.69 Å². The van der Waals surface area contributed by atoms with Crippen molar-refractivity contribution in [1.82, 2.24) is 0 Å². The number of hydrogen-bond acceptors (Lipinski definition) is 2. The Balaban J connectivity index is 2.64. The van der Waals surface area contributed by atoms with Crippen molar-refractivity contribution in [3.63, 3.8) is 0 Å². The number of nitrogens with two attached hydrogens (primary N) is 1. The molecule has 3 heteroatoms. The second-order valence-corrected chi connectivity index (χ2v) is 5.47. The van der Waals surface area contributed by atoms with Gasteiger partial charge < -0.3 is 10.6 Å². The van der Waals surface area contributed by atoms with Crippen LogP contribution in [0.25, 0.3) is 0 Å². The van der Waals surface area contributed by atoms with E-state index >= 15 is 0 Å². The molecule has 0 spiro atoms. The average Bonchev–Trinajstić information content (AvgIpc) is 2.30. The Hall–Kier alpha value is -1.09. The molecule has 0 fully saturated rings. The molecule has 0 unspecified atom stereocenters. The number of nitrogens with zero attached hydrogens (tertiary/aromatic N) is 1. The Morgan fingerprint density at radius 2 is 2.00 bits per heavy atom. The smallest absolute Gasteiger partial charge is 0.126 e. The summed E-state index contributed by atoms with van der Waals surface area (Å²) in [7, 11) is 2.03. The number of anilines is 1. The first kappa shape index (κ1) is 14.0. The van der Waals surface area contributed by atoms with Crippen LogP contribution in [0, 0.1) is 18.2 Å². The van der Waals surface area contributed by atoms with Crippen LogP contribution in [-0.4, -0.2) is 20.1 Å². The molecule has 96 valence electrons. The van der Waals surface area contributed by atoms with Crippen molar-refractivity contribution in [1.29, 1.82) is 0 Å². The lowest BCUT2D eigenvalue weighted by Crippen LogP contribution is -2.29. The summed E-state index contributed by atoms with van der Waals surface area (Å²) < 4.78 is 13.2. The fraction of sp³-hybridized carbons (Fsp3) is 0.571. The van der Waals surface area contributed by atoms with Crippen LogP contribution in [0.15, 0.2) is 18.2 Å². The highest BCUT2D eigenvalue weighted by Crippen LogP contribution is 2.22. The van der Waals surface area contributed by atoms with E-state index in [4.69, 9.17) is 5.73 Å². The summed E-state index contributed by atoms with van der Waals surface area (Å²) in [6.45, 7) is 7.72. The van der Waals surface area contributed by atoms with Crippen molar-refractivity contribution in [2.75, 3.05) is 25.0 Å². The second kappa shape index (κ2) is 5.50. The molecule has 0 saturated carbocycles. The molecular weight excluding hydrogens is 215 g/mol. The summed E-state index contributed by atoms with van der Waals surface area (Å²) in [5, 5.41) is 0. The second-order valence-electron chi connectivity index (χ2n) is 5.47. The summed E-state index contributed by atoms with van der Waals surface area (Å²) in [6.07, 6.45) is 1.02. The average molecular weight is 238 g/mol. The maximum Gasteiger partial charge on any atom is 0.126 e. The highest BCUT2D eigenvalue weighted by atomic mass is 19.1. The third-order valence-electron chi connectivity index (χ3n) is 3.26. The van der Waals surface area contributed by atoms with E-state index in [0.717, 1.165) is 18.7 Å². The van der Waals surface area contributed by atoms with E-state index in [1.807, 2.05) is 19.2 Å². The third kappa shape index (κ3) is 4.00. The zero-order valence-electron chi connectivity index (χ0n) is 11.3. The first-order valence-electron chi connectivity index (χ1n) is 6.03. The molecule has 0 aliphatic heterocycles. The molecule has 0 bridgehead atoms. The highest BCUT2D eigenvalue weighted by molar-refractivity contribution is 5.48. The number of benzene rings is 1. The van der Waals surface area contributed by atoms with Crippen LogP contribution in [0.4, 0.5) is 10.1 Å². The zero-order chi connectivity index (χ0) is 13.1. The SMILES string of the molecule is Cc1cc(N(C)CCC(C)(C)CN)ccc1F. The van der Waals surface area contributed by atoms with Gasteiger partial charge >= 0.3 is 0 Å². The molecular formula is C14H23FN2. The van der Waals surface area contributed by atoms with E-state index in [0.29, 0.717) is 12.1 Å². The van der Waals surface area contributed by atoms with Gasteiger partial charge in [-0.1, -0.05) is 13.8 Å². The van der Waals surface area contributed by atoms with Crippen LogP contribution < -0.4 is 10.6 Å². The number of rotatable bonds is 5. The fourth-order valence-electron chi connectivity index (χ4n) is 1.57. The minimum Gasteiger partial charge on any atom is -0.375 e. The molecule has 0 heterocycles. The van der Waals surface area contributed by atoms with Gasteiger partial charge in [-0.2, -0.15) is 0 Å². The van der Waals surface area contributed by atoms with Crippen LogP contribution >= 0.6 is 0 Å². The molecule has 2 N–H and O–H groups in total. The molecule has 0 aliphatic carbocycles. The monoisotopic (exact) mass is 238 g/mol. The van der Waals surface area contributed by atoms with Gasteiger partial charge in [0.2, 0.25) is 0 Å². The Labute approximate surface area is 104 Å². The van der Waals surface area contributed by atoms with Gasteiger partial charge in [0, 0.05) is 19.3 Å². The van der Waals surface area contributed by atoms with Crippen LogP contribution in [0.1, 0.15) is 25.8 Å². The van der Waals surface area contributed by atoms with Gasteiger partial charge in [-0.15, -0.1) is 0 Å². The van der Waals surface area contributed by atoms with Gasteiger partial charge in [0.05, 0.1) is 0 Å². The molecule has 17 heavy (non-hydrogen) atoms. The standard InChI is InChI=1S/C14H23FN2/c1-11-9-12(5-6-13(11)15)17(4)8-7-14(2,3)10-16/h5-6,9H,7-8,10,16H2,1-4H3. The van der Waals surface area contributed by atoms with E-state index in [1.165, 1.54) is 6.07 Å². The first-order valence-corrected chi connectivity index (χ1v) is 6.03. The van der Waals surface area contributed by atoms with Crippen molar-refractivity contribution < 1.29 is 4.39 Å². The minimum atomic E-state index is -0.149. The largest absolute Gasteiger partial charge is 0.375 e. The summed E-state index contributed by atoms with van der Waals surface area (Å²) in [4.78, 5) is 2.14. The predicted octanol–water partition coefficient (Wildman–Crippen LogP) is 2.95. The van der Waals surface area contributed by atoms with E-state index < -0.39 is 0 Å². The topological polar surface area (TPSA) is 29.3 Å². The molecule has 0 amide bonds. The Morgan fingerprint density at radius 3 is 2.53 bits per heavy atom. The van der Waals surface area contributed by atoms with Crippen LogP contribution in [0.3, 0.4) is 0 Å². The maximum atomic E-state index is 13.2. The van der Waals surface area contributed by atoms with Gasteiger partial charge in [0.15, 0.2) is 0 Å². The van der Waals surface area contributed by atoms with Crippen LogP contribution in [0.5, 0.6) is 0 Å². The molecule has 1 rings (SSSR count). The van der Waals surface area contributed by atoms with Crippen LogP contribution in [-0.2, 0) is 0 Å². The van der Waals surface area contributed by atoms with Gasteiger partial charge in [-0.3, -0.25) is 0 Å². The van der Waals surface area contributed by atoms with E-state index in [9.17, 15) is 4.39 Å². The molecule has 1 aromatic carbocycles. The number of hydrogen-bond donors (Lipinski definition) is 1.